The zero-order valence-corrected chi connectivity index (χ0v) is 18.0. The minimum atomic E-state index is 0.672. The molecule has 0 aliphatic heterocycles. The highest BCUT2D eigenvalue weighted by molar-refractivity contribution is 5.79. The second-order valence-corrected chi connectivity index (χ2v) is 6.85. The van der Waals surface area contributed by atoms with Gasteiger partial charge in [0.25, 0.3) is 0 Å². The van der Waals surface area contributed by atoms with Gasteiger partial charge in [0.2, 0.25) is 0 Å². The SMILES string of the molecule is CCN(CC)CCOc1ccccc1CNC(=NC)N(C)Cc1cccn1C. The third kappa shape index (κ3) is 6.30. The molecule has 0 spiro atoms. The fourth-order valence-corrected chi connectivity index (χ4v) is 3.15. The van der Waals surface area contributed by atoms with Gasteiger partial charge in [0, 0.05) is 51.7 Å². The third-order valence-electron chi connectivity index (χ3n) is 4.99. The predicted molar refractivity (Wildman–Crippen MR) is 117 cm³/mol. The maximum atomic E-state index is 6.06. The van der Waals surface area contributed by atoms with Crippen molar-refractivity contribution >= 4 is 5.96 Å². The second kappa shape index (κ2) is 11.4. The molecule has 1 heterocycles. The first-order valence-electron chi connectivity index (χ1n) is 10.0. The summed E-state index contributed by atoms with van der Waals surface area (Å²) >= 11 is 0. The van der Waals surface area contributed by atoms with Gasteiger partial charge in [-0.2, -0.15) is 0 Å². The Hall–Kier alpha value is -2.47. The highest BCUT2D eigenvalue weighted by Crippen LogP contribution is 2.18. The summed E-state index contributed by atoms with van der Waals surface area (Å²) in [7, 11) is 5.93. The van der Waals surface area contributed by atoms with Gasteiger partial charge in [0.05, 0.1) is 6.54 Å². The quantitative estimate of drug-likeness (QED) is 0.505. The lowest BCUT2D eigenvalue weighted by Gasteiger charge is -2.23. The van der Waals surface area contributed by atoms with E-state index in [9.17, 15) is 0 Å². The van der Waals surface area contributed by atoms with Crippen molar-refractivity contribution in [3.05, 3.63) is 53.9 Å². The molecular weight excluding hydrogens is 350 g/mol. The van der Waals surface area contributed by atoms with Crippen molar-refractivity contribution in [3.8, 4) is 5.75 Å². The Morgan fingerprint density at radius 3 is 2.54 bits per heavy atom. The summed E-state index contributed by atoms with van der Waals surface area (Å²) in [5.74, 6) is 1.79. The molecule has 2 aromatic rings. The molecule has 0 aliphatic carbocycles. The van der Waals surface area contributed by atoms with Gasteiger partial charge < -0.3 is 24.4 Å². The molecule has 0 amide bonds. The second-order valence-electron chi connectivity index (χ2n) is 6.85. The van der Waals surface area contributed by atoms with E-state index in [0.29, 0.717) is 13.2 Å². The zero-order valence-electron chi connectivity index (χ0n) is 18.0. The topological polar surface area (TPSA) is 45.0 Å². The lowest BCUT2D eigenvalue weighted by atomic mass is 10.2. The minimum Gasteiger partial charge on any atom is -0.492 e. The van der Waals surface area contributed by atoms with Crippen LogP contribution in [0.1, 0.15) is 25.1 Å². The van der Waals surface area contributed by atoms with Gasteiger partial charge >= 0.3 is 0 Å². The predicted octanol–water partition coefficient (Wildman–Crippen LogP) is 2.95. The van der Waals surface area contributed by atoms with Gasteiger partial charge in [-0.15, -0.1) is 0 Å². The highest BCUT2D eigenvalue weighted by Gasteiger charge is 2.10. The standard InChI is InChI=1S/C22H35N5O/c1-6-27(7-2)15-16-28-21-13-9-8-11-19(21)17-24-22(23-3)26(5)18-20-12-10-14-25(20)4/h8-14H,6-7,15-18H2,1-5H3,(H,23,24). The van der Waals surface area contributed by atoms with Crippen molar-refractivity contribution in [2.75, 3.05) is 40.3 Å². The normalized spacial score (nSPS) is 11.7. The van der Waals surface area contributed by atoms with Crippen LogP contribution in [0.3, 0.4) is 0 Å². The number of benzene rings is 1. The maximum Gasteiger partial charge on any atom is 0.194 e. The number of nitrogens with zero attached hydrogens (tertiary/aromatic N) is 4. The van der Waals surface area contributed by atoms with Crippen LogP contribution in [0, 0.1) is 0 Å². The number of hydrogen-bond acceptors (Lipinski definition) is 3. The van der Waals surface area contributed by atoms with Gasteiger partial charge in [0.15, 0.2) is 5.96 Å². The largest absolute Gasteiger partial charge is 0.492 e. The first kappa shape index (κ1) is 21.8. The van der Waals surface area contributed by atoms with Crippen molar-refractivity contribution < 1.29 is 4.74 Å². The Labute approximate surface area is 169 Å². The summed E-state index contributed by atoms with van der Waals surface area (Å²) < 4.78 is 8.19. The van der Waals surface area contributed by atoms with Crippen molar-refractivity contribution in [3.63, 3.8) is 0 Å². The van der Waals surface area contributed by atoms with Crippen LogP contribution >= 0.6 is 0 Å². The number of aryl methyl sites for hydroxylation is 1. The van der Waals surface area contributed by atoms with E-state index in [0.717, 1.165) is 43.5 Å². The van der Waals surface area contributed by atoms with Crippen LogP contribution in [-0.4, -0.2) is 60.7 Å². The van der Waals surface area contributed by atoms with Crippen molar-refractivity contribution in [2.45, 2.75) is 26.9 Å². The molecule has 6 heteroatoms. The van der Waals surface area contributed by atoms with E-state index >= 15 is 0 Å². The molecule has 0 unspecified atom stereocenters. The van der Waals surface area contributed by atoms with Crippen LogP contribution in [0.4, 0.5) is 0 Å². The molecule has 0 aliphatic rings. The van der Waals surface area contributed by atoms with E-state index in [1.54, 1.807) is 0 Å². The number of para-hydroxylation sites is 1. The molecule has 0 saturated carbocycles. The number of aliphatic imine (C=N–C) groups is 1. The van der Waals surface area contributed by atoms with E-state index in [1.807, 2.05) is 25.2 Å². The first-order chi connectivity index (χ1) is 13.6. The van der Waals surface area contributed by atoms with Crippen molar-refractivity contribution in [1.82, 2.24) is 19.7 Å². The number of nitrogens with one attached hydrogen (secondary N) is 1. The summed E-state index contributed by atoms with van der Waals surface area (Å²) in [6.45, 7) is 9.56. The van der Waals surface area contributed by atoms with Crippen LogP contribution < -0.4 is 10.1 Å². The number of rotatable bonds is 10. The van der Waals surface area contributed by atoms with Gasteiger partial charge in [-0.3, -0.25) is 4.99 Å². The summed E-state index contributed by atoms with van der Waals surface area (Å²) in [4.78, 5) is 8.91. The van der Waals surface area contributed by atoms with E-state index in [2.05, 4.69) is 77.0 Å². The Balaban J connectivity index is 1.92. The fraction of sp³-hybridized carbons (Fsp3) is 0.500. The number of ether oxygens (including phenoxy) is 1. The van der Waals surface area contributed by atoms with E-state index in [1.165, 1.54) is 5.69 Å². The number of likely N-dealkylation sites (N-methyl/N-ethyl adjacent to an activating group) is 1. The Morgan fingerprint density at radius 2 is 1.89 bits per heavy atom. The smallest absolute Gasteiger partial charge is 0.194 e. The van der Waals surface area contributed by atoms with Gasteiger partial charge in [0.1, 0.15) is 12.4 Å². The fourth-order valence-electron chi connectivity index (χ4n) is 3.15. The van der Waals surface area contributed by atoms with E-state index in [4.69, 9.17) is 4.74 Å². The van der Waals surface area contributed by atoms with Crippen LogP contribution in [0.25, 0.3) is 0 Å². The average molecular weight is 386 g/mol. The molecule has 0 fully saturated rings. The molecule has 154 valence electrons. The van der Waals surface area contributed by atoms with Crippen molar-refractivity contribution in [1.29, 1.82) is 0 Å². The van der Waals surface area contributed by atoms with Crippen LogP contribution in [-0.2, 0) is 20.1 Å². The minimum absolute atomic E-state index is 0.672. The van der Waals surface area contributed by atoms with Gasteiger partial charge in [-0.05, 0) is 31.3 Å². The molecule has 0 saturated heterocycles. The molecule has 6 nitrogen and oxygen atoms in total. The molecule has 1 N–H and O–H groups in total. The van der Waals surface area contributed by atoms with E-state index < -0.39 is 0 Å². The Morgan fingerprint density at radius 1 is 1.14 bits per heavy atom. The van der Waals surface area contributed by atoms with Crippen LogP contribution in [0.15, 0.2) is 47.6 Å². The molecule has 2 rings (SSSR count). The van der Waals surface area contributed by atoms with Gasteiger partial charge in [-0.1, -0.05) is 32.0 Å². The summed E-state index contributed by atoms with van der Waals surface area (Å²) in [6, 6.07) is 12.4. The highest BCUT2D eigenvalue weighted by atomic mass is 16.5. The first-order valence-corrected chi connectivity index (χ1v) is 10.0. The Bertz CT molecular complexity index is 736. The maximum absolute atomic E-state index is 6.06. The summed E-state index contributed by atoms with van der Waals surface area (Å²) in [6.07, 6.45) is 2.06. The zero-order chi connectivity index (χ0) is 20.4. The van der Waals surface area contributed by atoms with Gasteiger partial charge in [-0.25, -0.2) is 0 Å². The molecular formula is C22H35N5O. The van der Waals surface area contributed by atoms with Crippen molar-refractivity contribution in [2.24, 2.45) is 12.0 Å². The molecule has 0 bridgehead atoms. The monoisotopic (exact) mass is 385 g/mol. The third-order valence-corrected chi connectivity index (χ3v) is 4.99. The van der Waals surface area contributed by atoms with Crippen LogP contribution in [0.5, 0.6) is 5.75 Å². The van der Waals surface area contributed by atoms with E-state index in [-0.39, 0.29) is 0 Å². The number of guanidine groups is 1. The molecule has 1 aromatic heterocycles. The number of hydrogen-bond donors (Lipinski definition) is 1. The molecule has 0 atom stereocenters. The lowest BCUT2D eigenvalue weighted by Crippen LogP contribution is -2.38. The number of aromatic nitrogens is 1. The molecule has 0 radical (unpaired) electrons. The summed E-state index contributed by atoms with van der Waals surface area (Å²) in [5, 5.41) is 3.46. The average Bonchev–Trinajstić information content (AvgIpc) is 3.11. The lowest BCUT2D eigenvalue weighted by molar-refractivity contribution is 0.221. The Kier molecular flexibility index (Phi) is 8.88. The summed E-state index contributed by atoms with van der Waals surface area (Å²) in [5.41, 5.74) is 2.38. The molecule has 1 aromatic carbocycles. The van der Waals surface area contributed by atoms with Crippen LogP contribution in [0.2, 0.25) is 0 Å². The molecule has 28 heavy (non-hydrogen) atoms.